The molecule has 3 heteroatoms. The quantitative estimate of drug-likeness (QED) is 0.569. The maximum atomic E-state index is 11.0. The third-order valence-corrected chi connectivity index (χ3v) is 2.23. The molecule has 1 rings (SSSR count). The van der Waals surface area contributed by atoms with Crippen LogP contribution in [-0.4, -0.2) is 13.1 Å². The summed E-state index contributed by atoms with van der Waals surface area (Å²) in [5.74, 6) is -0.0899. The maximum Gasteiger partial charge on any atom is 0.308 e. The van der Waals surface area contributed by atoms with E-state index >= 15 is 0 Å². The fourth-order valence-corrected chi connectivity index (χ4v) is 1.38. The zero-order valence-corrected chi connectivity index (χ0v) is 7.23. The molecule has 0 saturated heterocycles. The predicted molar refractivity (Wildman–Crippen MR) is 43.3 cm³/mol. The van der Waals surface area contributed by atoms with E-state index in [0.717, 1.165) is 24.3 Å². The van der Waals surface area contributed by atoms with Crippen LogP contribution in [0.3, 0.4) is 0 Å². The van der Waals surface area contributed by atoms with Crippen molar-refractivity contribution in [2.45, 2.75) is 19.3 Å². The van der Waals surface area contributed by atoms with Gasteiger partial charge in [0.25, 0.3) is 0 Å². The number of halogens is 1. The Labute approximate surface area is 71.2 Å². The average Bonchev–Trinajstić information content (AvgIpc) is 2.05. The third kappa shape index (κ3) is 2.22. The molecule has 0 aromatic heterocycles. The van der Waals surface area contributed by atoms with Crippen molar-refractivity contribution in [3.05, 3.63) is 11.1 Å². The van der Waals surface area contributed by atoms with E-state index in [2.05, 4.69) is 4.74 Å². The summed E-state index contributed by atoms with van der Waals surface area (Å²) in [4.78, 5) is 11.0. The number of ether oxygens (including phenoxy) is 1. The van der Waals surface area contributed by atoms with Crippen molar-refractivity contribution in [2.24, 2.45) is 5.92 Å². The maximum absolute atomic E-state index is 11.0. The highest BCUT2D eigenvalue weighted by Gasteiger charge is 2.20. The van der Waals surface area contributed by atoms with Crippen molar-refractivity contribution in [3.8, 4) is 0 Å². The summed E-state index contributed by atoms with van der Waals surface area (Å²) in [6.07, 6.45) is 4.25. The van der Waals surface area contributed by atoms with E-state index in [1.807, 2.05) is 6.08 Å². The first-order valence-corrected chi connectivity index (χ1v) is 4.04. The Morgan fingerprint density at radius 1 is 1.82 bits per heavy atom. The number of methoxy groups -OCH3 is 1. The first kappa shape index (κ1) is 8.60. The van der Waals surface area contributed by atoms with Crippen molar-refractivity contribution < 1.29 is 9.53 Å². The van der Waals surface area contributed by atoms with Gasteiger partial charge in [-0.2, -0.15) is 0 Å². The van der Waals surface area contributed by atoms with Gasteiger partial charge in [0.15, 0.2) is 0 Å². The Hall–Kier alpha value is -0.500. The number of carbonyl (C=O) groups is 1. The molecule has 1 aliphatic rings. The summed E-state index contributed by atoms with van der Waals surface area (Å²) in [7, 11) is 1.42. The van der Waals surface area contributed by atoms with Crippen LogP contribution in [0.15, 0.2) is 11.1 Å². The van der Waals surface area contributed by atoms with Gasteiger partial charge in [-0.05, 0) is 19.3 Å². The van der Waals surface area contributed by atoms with Gasteiger partial charge in [0.05, 0.1) is 13.0 Å². The van der Waals surface area contributed by atoms with E-state index in [1.165, 1.54) is 7.11 Å². The van der Waals surface area contributed by atoms with Crippen molar-refractivity contribution in [1.82, 2.24) is 0 Å². The van der Waals surface area contributed by atoms with Crippen molar-refractivity contribution in [3.63, 3.8) is 0 Å². The minimum absolute atomic E-state index is 0.0301. The number of carbonyl (C=O) groups excluding carboxylic acids is 1. The molecule has 1 aliphatic carbocycles. The summed E-state index contributed by atoms with van der Waals surface area (Å²) >= 11 is 5.74. The molecular weight excluding hydrogens is 164 g/mol. The molecule has 0 aromatic rings. The van der Waals surface area contributed by atoms with Crippen LogP contribution in [0, 0.1) is 5.92 Å². The van der Waals surface area contributed by atoms with Crippen LogP contribution in [-0.2, 0) is 9.53 Å². The van der Waals surface area contributed by atoms with Gasteiger partial charge < -0.3 is 4.74 Å². The van der Waals surface area contributed by atoms with E-state index in [-0.39, 0.29) is 11.9 Å². The van der Waals surface area contributed by atoms with Crippen LogP contribution in [0.4, 0.5) is 0 Å². The molecular formula is C8H11ClO2. The van der Waals surface area contributed by atoms with Gasteiger partial charge in [-0.1, -0.05) is 17.7 Å². The van der Waals surface area contributed by atoms with E-state index in [1.54, 1.807) is 0 Å². The van der Waals surface area contributed by atoms with Crippen molar-refractivity contribution >= 4 is 17.6 Å². The Morgan fingerprint density at radius 3 is 3.00 bits per heavy atom. The second kappa shape index (κ2) is 3.77. The van der Waals surface area contributed by atoms with Gasteiger partial charge in [-0.25, -0.2) is 0 Å². The zero-order chi connectivity index (χ0) is 8.27. The van der Waals surface area contributed by atoms with Crippen molar-refractivity contribution in [1.29, 1.82) is 0 Å². The molecule has 2 nitrogen and oxygen atoms in total. The summed E-state index contributed by atoms with van der Waals surface area (Å²) in [5, 5.41) is 0.866. The lowest BCUT2D eigenvalue weighted by atomic mass is 9.94. The first-order valence-electron chi connectivity index (χ1n) is 3.66. The average molecular weight is 175 g/mol. The number of allylic oxidation sites excluding steroid dienone is 2. The first-order chi connectivity index (χ1) is 5.24. The normalized spacial score (nSPS) is 24.2. The topological polar surface area (TPSA) is 26.3 Å². The molecule has 0 saturated carbocycles. The molecule has 0 bridgehead atoms. The second-order valence-electron chi connectivity index (χ2n) is 2.65. The fraction of sp³-hybridized carbons (Fsp3) is 0.625. The SMILES string of the molecule is COC(=O)[C@@H]1CC=C(Cl)CC1. The van der Waals surface area contributed by atoms with Gasteiger partial charge in [0.1, 0.15) is 0 Å². The van der Waals surface area contributed by atoms with E-state index in [9.17, 15) is 4.79 Å². The van der Waals surface area contributed by atoms with Crippen LogP contribution in [0.5, 0.6) is 0 Å². The Balaban J connectivity index is 2.47. The highest BCUT2D eigenvalue weighted by atomic mass is 35.5. The predicted octanol–water partition coefficient (Wildman–Crippen LogP) is 2.08. The Bertz CT molecular complexity index is 187. The minimum Gasteiger partial charge on any atom is -0.469 e. The van der Waals surface area contributed by atoms with Gasteiger partial charge >= 0.3 is 5.97 Å². The molecule has 0 aromatic carbocycles. The molecule has 0 N–H and O–H groups in total. The molecule has 0 fully saturated rings. The van der Waals surface area contributed by atoms with Gasteiger partial charge in [0.2, 0.25) is 0 Å². The van der Waals surface area contributed by atoms with Crippen LogP contribution in [0.25, 0.3) is 0 Å². The fourth-order valence-electron chi connectivity index (χ4n) is 1.18. The highest BCUT2D eigenvalue weighted by molar-refractivity contribution is 6.29. The van der Waals surface area contributed by atoms with Crippen LogP contribution in [0.2, 0.25) is 0 Å². The Morgan fingerprint density at radius 2 is 2.55 bits per heavy atom. The van der Waals surface area contributed by atoms with Crippen LogP contribution in [0.1, 0.15) is 19.3 Å². The lowest BCUT2D eigenvalue weighted by molar-refractivity contribution is -0.145. The Kier molecular flexibility index (Phi) is 2.94. The van der Waals surface area contributed by atoms with Crippen molar-refractivity contribution in [2.75, 3.05) is 7.11 Å². The van der Waals surface area contributed by atoms with E-state index < -0.39 is 0 Å². The number of hydrogen-bond donors (Lipinski definition) is 0. The summed E-state index contributed by atoms with van der Waals surface area (Å²) in [6.45, 7) is 0. The largest absolute Gasteiger partial charge is 0.469 e. The smallest absolute Gasteiger partial charge is 0.308 e. The van der Waals surface area contributed by atoms with Crippen LogP contribution >= 0.6 is 11.6 Å². The summed E-state index contributed by atoms with van der Waals surface area (Å²) in [5.41, 5.74) is 0. The van der Waals surface area contributed by atoms with E-state index in [0.29, 0.717) is 0 Å². The highest BCUT2D eigenvalue weighted by Crippen LogP contribution is 2.26. The summed E-state index contributed by atoms with van der Waals surface area (Å²) < 4.78 is 4.61. The number of esters is 1. The molecule has 0 spiro atoms. The lowest BCUT2D eigenvalue weighted by Crippen LogP contribution is -2.17. The lowest BCUT2D eigenvalue weighted by Gasteiger charge is -2.16. The molecule has 0 heterocycles. The molecule has 0 unspecified atom stereocenters. The van der Waals surface area contributed by atoms with Gasteiger partial charge in [-0.3, -0.25) is 4.79 Å². The summed E-state index contributed by atoms with van der Waals surface area (Å²) in [6, 6.07) is 0. The molecule has 0 radical (unpaired) electrons. The zero-order valence-electron chi connectivity index (χ0n) is 6.47. The van der Waals surface area contributed by atoms with Gasteiger partial charge in [-0.15, -0.1) is 0 Å². The van der Waals surface area contributed by atoms with Gasteiger partial charge in [0, 0.05) is 5.03 Å². The molecule has 0 amide bonds. The molecule has 62 valence electrons. The monoisotopic (exact) mass is 174 g/mol. The molecule has 0 aliphatic heterocycles. The standard InChI is InChI=1S/C8H11ClO2/c1-11-8(10)6-2-4-7(9)5-3-6/h4,6H,2-3,5H2,1H3/t6-/m1/s1. The third-order valence-electron chi connectivity index (χ3n) is 1.89. The second-order valence-corrected chi connectivity index (χ2v) is 3.13. The number of rotatable bonds is 1. The van der Waals surface area contributed by atoms with E-state index in [4.69, 9.17) is 11.6 Å². The minimum atomic E-state index is -0.120. The number of hydrogen-bond acceptors (Lipinski definition) is 2. The molecule has 11 heavy (non-hydrogen) atoms. The molecule has 1 atom stereocenters. The van der Waals surface area contributed by atoms with Crippen LogP contribution < -0.4 is 0 Å².